The van der Waals surface area contributed by atoms with Crippen molar-refractivity contribution < 1.29 is 22.7 Å². The number of fused-ring (bicyclic) bond motifs is 1. The molecule has 0 N–H and O–H groups in total. The SMILES string of the molecule is COC(=O)/C=C/c1cnc2c(c1)CCN2S(=O)(=O)c1ccc(OC)cc1. The third kappa shape index (κ3) is 3.41. The highest BCUT2D eigenvalue weighted by molar-refractivity contribution is 7.92. The summed E-state index contributed by atoms with van der Waals surface area (Å²) in [5.41, 5.74) is 1.52. The Labute approximate surface area is 151 Å². The van der Waals surface area contributed by atoms with Crippen LogP contribution >= 0.6 is 0 Å². The molecule has 1 aliphatic rings. The fraction of sp³-hybridized carbons (Fsp3) is 0.222. The van der Waals surface area contributed by atoms with Crippen LogP contribution in [0.2, 0.25) is 0 Å². The first-order valence-electron chi connectivity index (χ1n) is 7.87. The van der Waals surface area contributed by atoms with Gasteiger partial charge in [-0.05, 0) is 54.0 Å². The minimum Gasteiger partial charge on any atom is -0.497 e. The molecule has 0 bridgehead atoms. The van der Waals surface area contributed by atoms with Crippen molar-refractivity contribution in [3.8, 4) is 5.75 Å². The highest BCUT2D eigenvalue weighted by atomic mass is 32.2. The van der Waals surface area contributed by atoms with Gasteiger partial charge in [0.2, 0.25) is 0 Å². The van der Waals surface area contributed by atoms with Gasteiger partial charge in [0.25, 0.3) is 10.0 Å². The van der Waals surface area contributed by atoms with Crippen LogP contribution in [0.1, 0.15) is 11.1 Å². The largest absolute Gasteiger partial charge is 0.497 e. The third-order valence-corrected chi connectivity index (χ3v) is 5.85. The Morgan fingerprint density at radius 2 is 1.96 bits per heavy atom. The maximum absolute atomic E-state index is 12.9. The Morgan fingerprint density at radius 1 is 1.23 bits per heavy atom. The zero-order chi connectivity index (χ0) is 18.7. The highest BCUT2D eigenvalue weighted by Gasteiger charge is 2.32. The first-order chi connectivity index (χ1) is 12.5. The van der Waals surface area contributed by atoms with E-state index in [1.54, 1.807) is 18.2 Å². The monoisotopic (exact) mass is 374 g/mol. The van der Waals surface area contributed by atoms with Crippen LogP contribution in [0.3, 0.4) is 0 Å². The first-order valence-corrected chi connectivity index (χ1v) is 9.31. The van der Waals surface area contributed by atoms with Crippen LogP contribution in [0, 0.1) is 0 Å². The molecule has 0 unspecified atom stereocenters. The number of hydrogen-bond donors (Lipinski definition) is 0. The number of rotatable bonds is 5. The van der Waals surface area contributed by atoms with Gasteiger partial charge in [-0.3, -0.25) is 0 Å². The fourth-order valence-electron chi connectivity index (χ4n) is 2.69. The Morgan fingerprint density at radius 3 is 2.62 bits per heavy atom. The summed E-state index contributed by atoms with van der Waals surface area (Å²) in [7, 11) is -0.871. The minimum atomic E-state index is -3.70. The molecule has 8 heteroatoms. The van der Waals surface area contributed by atoms with Gasteiger partial charge >= 0.3 is 5.97 Å². The zero-order valence-electron chi connectivity index (χ0n) is 14.4. The number of pyridine rings is 1. The van der Waals surface area contributed by atoms with Crippen molar-refractivity contribution in [1.82, 2.24) is 4.98 Å². The average molecular weight is 374 g/mol. The standard InChI is InChI=1S/C18H18N2O5S/c1-24-15-4-6-16(7-5-15)26(22,23)20-10-9-14-11-13(12-19-18(14)20)3-8-17(21)25-2/h3-8,11-12H,9-10H2,1-2H3/b8-3+. The second kappa shape index (κ2) is 7.17. The van der Waals surface area contributed by atoms with Crippen LogP contribution in [0.15, 0.2) is 47.5 Å². The third-order valence-electron chi connectivity index (χ3n) is 4.04. The van der Waals surface area contributed by atoms with Crippen molar-refractivity contribution in [3.63, 3.8) is 0 Å². The number of hydrogen-bond acceptors (Lipinski definition) is 6. The van der Waals surface area contributed by atoms with Gasteiger partial charge in [0.1, 0.15) is 11.6 Å². The van der Waals surface area contributed by atoms with Crippen molar-refractivity contribution in [2.45, 2.75) is 11.3 Å². The van der Waals surface area contributed by atoms with E-state index >= 15 is 0 Å². The molecule has 0 saturated carbocycles. The topological polar surface area (TPSA) is 85.8 Å². The van der Waals surface area contributed by atoms with Crippen LogP contribution in [0.5, 0.6) is 5.75 Å². The van der Waals surface area contributed by atoms with E-state index in [2.05, 4.69) is 9.72 Å². The molecule has 0 radical (unpaired) electrons. The molecule has 1 aromatic carbocycles. The second-order valence-corrected chi connectivity index (χ2v) is 7.47. The Bertz CT molecular complexity index is 952. The van der Waals surface area contributed by atoms with Crippen LogP contribution in [0.25, 0.3) is 6.08 Å². The lowest BCUT2D eigenvalue weighted by Gasteiger charge is -2.18. The van der Waals surface area contributed by atoms with Crippen molar-refractivity contribution in [3.05, 3.63) is 53.7 Å². The molecular formula is C18H18N2O5S. The van der Waals surface area contributed by atoms with Crippen molar-refractivity contribution >= 4 is 27.9 Å². The summed E-state index contributed by atoms with van der Waals surface area (Å²) >= 11 is 0. The van der Waals surface area contributed by atoms with E-state index in [0.717, 1.165) is 5.56 Å². The molecule has 0 fully saturated rings. The summed E-state index contributed by atoms with van der Waals surface area (Å²) < 4.78 is 36.7. The Balaban J connectivity index is 1.88. The molecule has 0 aliphatic carbocycles. The predicted molar refractivity (Wildman–Crippen MR) is 96.5 cm³/mol. The van der Waals surface area contributed by atoms with E-state index in [-0.39, 0.29) is 4.90 Å². The number of sulfonamides is 1. The van der Waals surface area contributed by atoms with Gasteiger partial charge in [0.15, 0.2) is 0 Å². The van der Waals surface area contributed by atoms with E-state index in [1.807, 2.05) is 6.07 Å². The van der Waals surface area contributed by atoms with E-state index in [0.29, 0.717) is 30.1 Å². The van der Waals surface area contributed by atoms with E-state index in [4.69, 9.17) is 4.74 Å². The van der Waals surface area contributed by atoms with E-state index < -0.39 is 16.0 Å². The Kier molecular flexibility index (Phi) is 4.94. The lowest BCUT2D eigenvalue weighted by atomic mass is 10.1. The molecule has 0 saturated heterocycles. The normalized spacial score (nSPS) is 13.7. The van der Waals surface area contributed by atoms with Gasteiger partial charge in [-0.1, -0.05) is 0 Å². The number of nitrogens with zero attached hydrogens (tertiary/aromatic N) is 2. The molecule has 0 spiro atoms. The van der Waals surface area contributed by atoms with Gasteiger partial charge < -0.3 is 9.47 Å². The summed E-state index contributed by atoms with van der Waals surface area (Å²) in [4.78, 5) is 15.7. The maximum atomic E-state index is 12.9. The number of aromatic nitrogens is 1. The van der Waals surface area contributed by atoms with E-state index in [1.165, 1.54) is 42.9 Å². The number of methoxy groups -OCH3 is 2. The van der Waals surface area contributed by atoms with Crippen LogP contribution in [0.4, 0.5) is 5.82 Å². The molecule has 2 heterocycles. The van der Waals surface area contributed by atoms with Crippen LogP contribution in [-0.2, 0) is 26.0 Å². The lowest BCUT2D eigenvalue weighted by molar-refractivity contribution is -0.134. The summed E-state index contributed by atoms with van der Waals surface area (Å²) in [6.07, 6.45) is 4.96. The lowest BCUT2D eigenvalue weighted by Crippen LogP contribution is -2.29. The van der Waals surface area contributed by atoms with Crippen LogP contribution in [-0.4, -0.2) is 40.1 Å². The second-order valence-electron chi connectivity index (χ2n) is 5.61. The molecule has 7 nitrogen and oxygen atoms in total. The van der Waals surface area contributed by atoms with Gasteiger partial charge in [-0.2, -0.15) is 0 Å². The Hall–Kier alpha value is -2.87. The summed E-state index contributed by atoms with van der Waals surface area (Å²) in [6.45, 7) is 0.320. The number of benzene rings is 1. The number of ether oxygens (including phenoxy) is 2. The van der Waals surface area contributed by atoms with Gasteiger partial charge in [0.05, 0.1) is 19.1 Å². The quantitative estimate of drug-likeness (QED) is 0.588. The number of esters is 1. The average Bonchev–Trinajstić information content (AvgIpc) is 3.10. The number of anilines is 1. The van der Waals surface area contributed by atoms with Crippen molar-refractivity contribution in [2.24, 2.45) is 0 Å². The van der Waals surface area contributed by atoms with Crippen LogP contribution < -0.4 is 9.04 Å². The van der Waals surface area contributed by atoms with Crippen molar-refractivity contribution in [2.75, 3.05) is 25.1 Å². The van der Waals surface area contributed by atoms with Gasteiger partial charge in [-0.15, -0.1) is 0 Å². The number of carbonyl (C=O) groups is 1. The van der Waals surface area contributed by atoms with Gasteiger partial charge in [0, 0.05) is 18.8 Å². The molecule has 0 amide bonds. The molecule has 1 aromatic heterocycles. The number of carbonyl (C=O) groups excluding carboxylic acids is 1. The first kappa shape index (κ1) is 17.9. The molecule has 0 atom stereocenters. The minimum absolute atomic E-state index is 0.183. The molecule has 3 rings (SSSR count). The molecule has 26 heavy (non-hydrogen) atoms. The summed E-state index contributed by atoms with van der Waals surface area (Å²) in [5, 5.41) is 0. The van der Waals surface area contributed by atoms with Gasteiger partial charge in [-0.25, -0.2) is 22.5 Å². The van der Waals surface area contributed by atoms with Crippen molar-refractivity contribution in [1.29, 1.82) is 0 Å². The molecule has 1 aliphatic heterocycles. The van der Waals surface area contributed by atoms with E-state index in [9.17, 15) is 13.2 Å². The summed E-state index contributed by atoms with van der Waals surface area (Å²) in [5.74, 6) is 0.538. The fourth-order valence-corrected chi connectivity index (χ4v) is 4.15. The smallest absolute Gasteiger partial charge is 0.330 e. The molecular weight excluding hydrogens is 356 g/mol. The highest BCUT2D eigenvalue weighted by Crippen LogP contribution is 2.32. The zero-order valence-corrected chi connectivity index (χ0v) is 15.2. The molecule has 2 aromatic rings. The predicted octanol–water partition coefficient (Wildman–Crippen LogP) is 2.03. The molecule has 136 valence electrons. The maximum Gasteiger partial charge on any atom is 0.330 e. The summed E-state index contributed by atoms with van der Waals surface area (Å²) in [6, 6.07) is 8.07.